The zero-order chi connectivity index (χ0) is 25.3. The lowest BCUT2D eigenvalue weighted by Gasteiger charge is -2.19. The number of sulfonamides is 1. The zero-order valence-electron chi connectivity index (χ0n) is 20.1. The fourth-order valence-corrected chi connectivity index (χ4v) is 7.12. The van der Waals surface area contributed by atoms with E-state index < -0.39 is 10.0 Å². The second kappa shape index (κ2) is 10.1. The average molecular weight is 510 g/mol. The number of aryl methyl sites for hydroxylation is 1. The molecule has 5 rings (SSSR count). The van der Waals surface area contributed by atoms with E-state index in [2.05, 4.69) is 23.3 Å². The molecule has 2 fully saturated rings. The molecule has 0 radical (unpaired) electrons. The van der Waals surface area contributed by atoms with Crippen LogP contribution >= 0.6 is 0 Å². The Morgan fingerprint density at radius 3 is 2.50 bits per heavy atom. The van der Waals surface area contributed by atoms with E-state index in [0.717, 1.165) is 49.2 Å². The third-order valence-electron chi connectivity index (χ3n) is 7.43. The summed E-state index contributed by atoms with van der Waals surface area (Å²) in [7, 11) is -3.65. The molecule has 36 heavy (non-hydrogen) atoms. The maximum Gasteiger partial charge on any atom is 0.251 e. The van der Waals surface area contributed by atoms with E-state index in [1.807, 2.05) is 12.1 Å². The predicted molar refractivity (Wildman–Crippen MR) is 135 cm³/mol. The van der Waals surface area contributed by atoms with E-state index in [4.69, 9.17) is 4.74 Å². The second-order valence-electron chi connectivity index (χ2n) is 9.82. The summed E-state index contributed by atoms with van der Waals surface area (Å²) >= 11 is 0. The highest BCUT2D eigenvalue weighted by Gasteiger charge is 2.45. The number of carbonyl (C=O) groups is 2. The van der Waals surface area contributed by atoms with Gasteiger partial charge in [0.2, 0.25) is 15.9 Å². The van der Waals surface area contributed by atoms with E-state index in [1.54, 1.807) is 12.1 Å². The smallest absolute Gasteiger partial charge is 0.251 e. The Bertz CT molecular complexity index is 1260. The molecule has 2 unspecified atom stereocenters. The molecule has 9 heteroatoms. The van der Waals surface area contributed by atoms with Crippen molar-refractivity contribution in [2.45, 2.75) is 43.2 Å². The molecule has 1 saturated heterocycles. The molecule has 2 atom stereocenters. The number of ether oxygens (including phenoxy) is 1. The Hall–Kier alpha value is -3.17. The Morgan fingerprint density at radius 1 is 1.08 bits per heavy atom. The highest BCUT2D eigenvalue weighted by atomic mass is 32.2. The highest BCUT2D eigenvalue weighted by Crippen LogP contribution is 2.40. The van der Waals surface area contributed by atoms with Gasteiger partial charge in [0, 0.05) is 31.2 Å². The number of nitrogens with one attached hydrogen (secondary N) is 2. The lowest BCUT2D eigenvalue weighted by Crippen LogP contribution is -2.35. The summed E-state index contributed by atoms with van der Waals surface area (Å²) in [6.45, 7) is 5.50. The van der Waals surface area contributed by atoms with Gasteiger partial charge < -0.3 is 15.4 Å². The van der Waals surface area contributed by atoms with Crippen molar-refractivity contribution in [1.82, 2.24) is 14.9 Å². The fraction of sp³-hybridized carbons (Fsp3) is 0.407. The predicted octanol–water partition coefficient (Wildman–Crippen LogP) is 2.64. The third-order valence-corrected chi connectivity index (χ3v) is 9.28. The van der Waals surface area contributed by atoms with Crippen LogP contribution in [-0.4, -0.2) is 50.3 Å². The summed E-state index contributed by atoms with van der Waals surface area (Å²) in [5, 5.41) is 5.83. The second-order valence-corrected chi connectivity index (χ2v) is 11.8. The molecule has 1 saturated carbocycles. The zero-order valence-corrected chi connectivity index (χ0v) is 20.9. The number of benzene rings is 2. The number of rotatable bonds is 7. The molecule has 2 N–H and O–H groups in total. The molecular formula is C27H31N3O5S. The number of fused-ring (bicyclic) bond motifs is 2. The number of nitrogens with zero attached hydrogens (tertiary/aromatic N) is 1. The van der Waals surface area contributed by atoms with Crippen molar-refractivity contribution < 1.29 is 22.7 Å². The first-order valence-electron chi connectivity index (χ1n) is 12.4. The summed E-state index contributed by atoms with van der Waals surface area (Å²) < 4.78 is 33.6. The molecule has 2 amide bonds. The molecular weight excluding hydrogens is 478 g/mol. The van der Waals surface area contributed by atoms with Crippen LogP contribution in [0.2, 0.25) is 0 Å². The first-order valence-corrected chi connectivity index (χ1v) is 13.8. The Labute approximate surface area is 211 Å². The Kier molecular flexibility index (Phi) is 6.85. The molecule has 1 aliphatic carbocycles. The van der Waals surface area contributed by atoms with Gasteiger partial charge in [-0.15, -0.1) is 0 Å². The maximum absolute atomic E-state index is 13.2. The van der Waals surface area contributed by atoms with Gasteiger partial charge in [0.15, 0.2) is 0 Å². The molecule has 8 nitrogen and oxygen atoms in total. The van der Waals surface area contributed by atoms with Crippen molar-refractivity contribution in [3.05, 3.63) is 71.8 Å². The molecule has 0 aromatic heterocycles. The minimum Gasteiger partial charge on any atom is -0.493 e. The van der Waals surface area contributed by atoms with E-state index in [1.165, 1.54) is 22.5 Å². The van der Waals surface area contributed by atoms with Crippen LogP contribution in [0, 0.1) is 11.8 Å². The van der Waals surface area contributed by atoms with Gasteiger partial charge in [-0.3, -0.25) is 9.59 Å². The van der Waals surface area contributed by atoms with Crippen LogP contribution in [0.15, 0.2) is 60.0 Å². The average Bonchev–Trinajstić information content (AvgIpc) is 3.46. The summed E-state index contributed by atoms with van der Waals surface area (Å²) in [5.41, 5.74) is 2.57. The molecule has 3 aliphatic rings. The minimum atomic E-state index is -3.65. The number of hydrogen-bond acceptors (Lipinski definition) is 5. The maximum atomic E-state index is 13.2. The number of hydrogen-bond donors (Lipinski definition) is 2. The standard InChI is InChI=1S/C27H31N3O5S/c1-2-26(31)29-23-13-21-16-30(17-22(21)14-23)36(33,34)24-8-6-19(7-9-24)27(32)28-15-18-5-10-25-20(12-18)4-3-11-35-25/h2,5-10,12,21-23H,1,3-4,11,13-17H2,(H,28,32)(H,29,31). The van der Waals surface area contributed by atoms with Crippen molar-refractivity contribution in [2.24, 2.45) is 11.8 Å². The van der Waals surface area contributed by atoms with Crippen molar-refractivity contribution in [3.8, 4) is 5.75 Å². The molecule has 2 aromatic carbocycles. The molecule has 0 bridgehead atoms. The van der Waals surface area contributed by atoms with E-state index in [9.17, 15) is 18.0 Å². The van der Waals surface area contributed by atoms with Crippen LogP contribution in [0.3, 0.4) is 0 Å². The first kappa shape index (κ1) is 24.5. The van der Waals surface area contributed by atoms with Crippen LogP contribution in [0.4, 0.5) is 0 Å². The van der Waals surface area contributed by atoms with Gasteiger partial charge in [0.25, 0.3) is 5.91 Å². The van der Waals surface area contributed by atoms with Gasteiger partial charge in [-0.05, 0) is 85.1 Å². The molecule has 2 heterocycles. The fourth-order valence-electron chi connectivity index (χ4n) is 5.57. The van der Waals surface area contributed by atoms with E-state index in [0.29, 0.717) is 25.2 Å². The lowest BCUT2D eigenvalue weighted by molar-refractivity contribution is -0.117. The van der Waals surface area contributed by atoms with Crippen molar-refractivity contribution in [3.63, 3.8) is 0 Å². The normalized spacial score (nSPS) is 23.3. The summed E-state index contributed by atoms with van der Waals surface area (Å²) in [5.74, 6) is 0.932. The van der Waals surface area contributed by atoms with Crippen LogP contribution in [0.25, 0.3) is 0 Å². The molecule has 2 aliphatic heterocycles. The summed E-state index contributed by atoms with van der Waals surface area (Å²) in [6, 6.07) is 12.1. The monoisotopic (exact) mass is 509 g/mol. The highest BCUT2D eigenvalue weighted by molar-refractivity contribution is 7.89. The van der Waals surface area contributed by atoms with Crippen LogP contribution in [-0.2, 0) is 27.8 Å². The number of amides is 2. The van der Waals surface area contributed by atoms with Gasteiger partial charge >= 0.3 is 0 Å². The minimum absolute atomic E-state index is 0.0720. The summed E-state index contributed by atoms with van der Waals surface area (Å²) in [4.78, 5) is 24.4. The van der Waals surface area contributed by atoms with Crippen molar-refractivity contribution in [1.29, 1.82) is 0 Å². The van der Waals surface area contributed by atoms with E-state index >= 15 is 0 Å². The van der Waals surface area contributed by atoms with Gasteiger partial charge in [0.1, 0.15) is 5.75 Å². The molecule has 190 valence electrons. The lowest BCUT2D eigenvalue weighted by atomic mass is 10.0. The Balaban J connectivity index is 1.17. The first-order chi connectivity index (χ1) is 17.3. The molecule has 2 aromatic rings. The largest absolute Gasteiger partial charge is 0.493 e. The van der Waals surface area contributed by atoms with Crippen molar-refractivity contribution in [2.75, 3.05) is 19.7 Å². The van der Waals surface area contributed by atoms with Crippen LogP contribution in [0.1, 0.15) is 40.7 Å². The van der Waals surface area contributed by atoms with Crippen LogP contribution in [0.5, 0.6) is 5.75 Å². The van der Waals surface area contributed by atoms with E-state index in [-0.39, 0.29) is 34.6 Å². The van der Waals surface area contributed by atoms with Gasteiger partial charge in [-0.1, -0.05) is 18.7 Å². The quantitative estimate of drug-likeness (QED) is 0.559. The van der Waals surface area contributed by atoms with Gasteiger partial charge in [0.05, 0.1) is 11.5 Å². The Morgan fingerprint density at radius 2 is 1.81 bits per heavy atom. The number of carbonyl (C=O) groups excluding carboxylic acids is 2. The topological polar surface area (TPSA) is 105 Å². The third kappa shape index (κ3) is 5.03. The van der Waals surface area contributed by atoms with Gasteiger partial charge in [-0.25, -0.2) is 8.42 Å². The van der Waals surface area contributed by atoms with Gasteiger partial charge in [-0.2, -0.15) is 4.31 Å². The van der Waals surface area contributed by atoms with Crippen LogP contribution < -0.4 is 15.4 Å². The summed E-state index contributed by atoms with van der Waals surface area (Å²) in [6.07, 6.45) is 4.76. The SMILES string of the molecule is C=CC(=O)NC1CC2CN(S(=O)(=O)c3ccc(C(=O)NCc4ccc5c(c4)CCCO5)cc3)CC2C1. The molecule has 0 spiro atoms. The van der Waals surface area contributed by atoms with Crippen molar-refractivity contribution >= 4 is 21.8 Å².